The maximum Gasteiger partial charge on any atom is 0.335 e. The molecule has 21 heavy (non-hydrogen) atoms. The lowest BCUT2D eigenvalue weighted by atomic mass is 9.91. The SMILES string of the molecule is CC(C)S(=O)(=O)N1CCC[C@H](c2cccc(C(=O)O)c2)C1. The van der Waals surface area contributed by atoms with E-state index in [0.29, 0.717) is 13.1 Å². The van der Waals surface area contributed by atoms with Gasteiger partial charge in [-0.25, -0.2) is 17.5 Å². The third-order valence-electron chi connectivity index (χ3n) is 3.94. The minimum Gasteiger partial charge on any atom is -0.478 e. The van der Waals surface area contributed by atoms with Gasteiger partial charge in [-0.15, -0.1) is 0 Å². The number of carboxylic acids is 1. The van der Waals surface area contributed by atoms with Crippen LogP contribution in [0.15, 0.2) is 24.3 Å². The first-order valence-electron chi connectivity index (χ1n) is 7.14. The third-order valence-corrected chi connectivity index (χ3v) is 6.19. The van der Waals surface area contributed by atoms with Crippen molar-refractivity contribution < 1.29 is 18.3 Å². The zero-order chi connectivity index (χ0) is 15.6. The van der Waals surface area contributed by atoms with Gasteiger partial charge in [0.25, 0.3) is 0 Å². The molecule has 116 valence electrons. The number of aromatic carboxylic acids is 1. The number of piperidine rings is 1. The van der Waals surface area contributed by atoms with Crippen molar-refractivity contribution in [2.24, 2.45) is 0 Å². The van der Waals surface area contributed by atoms with Crippen molar-refractivity contribution in [3.05, 3.63) is 35.4 Å². The molecule has 2 rings (SSSR count). The highest BCUT2D eigenvalue weighted by Gasteiger charge is 2.31. The van der Waals surface area contributed by atoms with Crippen molar-refractivity contribution in [2.45, 2.75) is 37.9 Å². The zero-order valence-electron chi connectivity index (χ0n) is 12.3. The fraction of sp³-hybridized carbons (Fsp3) is 0.533. The van der Waals surface area contributed by atoms with Crippen molar-refractivity contribution in [3.63, 3.8) is 0 Å². The standard InChI is InChI=1S/C15H21NO4S/c1-11(2)21(19,20)16-8-4-7-14(10-16)12-5-3-6-13(9-12)15(17)18/h3,5-6,9,11,14H,4,7-8,10H2,1-2H3,(H,17,18)/t14-/m0/s1. The Morgan fingerprint density at radius 2 is 2.10 bits per heavy atom. The number of rotatable bonds is 4. The molecule has 0 aliphatic carbocycles. The van der Waals surface area contributed by atoms with Gasteiger partial charge in [0, 0.05) is 13.1 Å². The van der Waals surface area contributed by atoms with Crippen LogP contribution in [-0.2, 0) is 10.0 Å². The molecule has 1 atom stereocenters. The van der Waals surface area contributed by atoms with Crippen LogP contribution in [0.3, 0.4) is 0 Å². The Morgan fingerprint density at radius 3 is 2.71 bits per heavy atom. The smallest absolute Gasteiger partial charge is 0.335 e. The highest BCUT2D eigenvalue weighted by Crippen LogP contribution is 2.29. The summed E-state index contributed by atoms with van der Waals surface area (Å²) >= 11 is 0. The Morgan fingerprint density at radius 1 is 1.38 bits per heavy atom. The summed E-state index contributed by atoms with van der Waals surface area (Å²) in [5, 5.41) is 8.63. The van der Waals surface area contributed by atoms with E-state index in [4.69, 9.17) is 5.11 Å². The molecule has 1 aliphatic rings. The summed E-state index contributed by atoms with van der Waals surface area (Å²) in [6, 6.07) is 6.80. The van der Waals surface area contributed by atoms with E-state index >= 15 is 0 Å². The van der Waals surface area contributed by atoms with Crippen LogP contribution in [0.25, 0.3) is 0 Å². The Hall–Kier alpha value is -1.40. The second-order valence-electron chi connectivity index (χ2n) is 5.72. The van der Waals surface area contributed by atoms with Gasteiger partial charge >= 0.3 is 5.97 Å². The van der Waals surface area contributed by atoms with Gasteiger partial charge in [0.1, 0.15) is 0 Å². The van der Waals surface area contributed by atoms with E-state index < -0.39 is 21.2 Å². The number of hydrogen-bond acceptors (Lipinski definition) is 3. The minimum atomic E-state index is -3.25. The molecule has 0 bridgehead atoms. The molecule has 0 amide bonds. The Balaban J connectivity index is 2.22. The average Bonchev–Trinajstić information content (AvgIpc) is 2.47. The van der Waals surface area contributed by atoms with Crippen molar-refractivity contribution in [1.29, 1.82) is 0 Å². The molecule has 1 fully saturated rings. The lowest BCUT2D eigenvalue weighted by Gasteiger charge is -2.33. The number of sulfonamides is 1. The molecule has 0 unspecified atom stereocenters. The van der Waals surface area contributed by atoms with E-state index in [1.807, 2.05) is 6.07 Å². The summed E-state index contributed by atoms with van der Waals surface area (Å²) in [6.07, 6.45) is 1.68. The van der Waals surface area contributed by atoms with Gasteiger partial charge in [0.15, 0.2) is 0 Å². The second kappa shape index (κ2) is 6.15. The predicted molar refractivity (Wildman–Crippen MR) is 81.0 cm³/mol. The topological polar surface area (TPSA) is 74.7 Å². The number of nitrogens with zero attached hydrogens (tertiary/aromatic N) is 1. The number of hydrogen-bond donors (Lipinski definition) is 1. The molecular formula is C15H21NO4S. The van der Waals surface area contributed by atoms with Crippen molar-refractivity contribution in [2.75, 3.05) is 13.1 Å². The summed E-state index contributed by atoms with van der Waals surface area (Å²) in [5.74, 6) is -0.897. The summed E-state index contributed by atoms with van der Waals surface area (Å²) in [6.45, 7) is 4.35. The van der Waals surface area contributed by atoms with E-state index in [9.17, 15) is 13.2 Å². The van der Waals surface area contributed by atoms with Crippen LogP contribution in [-0.4, -0.2) is 42.1 Å². The molecule has 1 heterocycles. The fourth-order valence-corrected chi connectivity index (χ4v) is 4.04. The lowest BCUT2D eigenvalue weighted by Crippen LogP contribution is -2.42. The van der Waals surface area contributed by atoms with E-state index in [0.717, 1.165) is 18.4 Å². The minimum absolute atomic E-state index is 0.0616. The molecule has 1 N–H and O–H groups in total. The molecule has 1 aliphatic heterocycles. The van der Waals surface area contributed by atoms with Gasteiger partial charge in [0.2, 0.25) is 10.0 Å². The van der Waals surface area contributed by atoms with Gasteiger partial charge in [-0.1, -0.05) is 12.1 Å². The van der Waals surface area contributed by atoms with E-state index in [1.165, 1.54) is 0 Å². The van der Waals surface area contributed by atoms with Crippen LogP contribution in [0.4, 0.5) is 0 Å². The van der Waals surface area contributed by atoms with Crippen molar-refractivity contribution >= 4 is 16.0 Å². The van der Waals surface area contributed by atoms with Crippen LogP contribution >= 0.6 is 0 Å². The van der Waals surface area contributed by atoms with E-state index in [2.05, 4.69) is 0 Å². The Labute approximate surface area is 125 Å². The maximum absolute atomic E-state index is 12.3. The zero-order valence-corrected chi connectivity index (χ0v) is 13.1. The van der Waals surface area contributed by atoms with Crippen LogP contribution in [0.5, 0.6) is 0 Å². The quantitative estimate of drug-likeness (QED) is 0.926. The molecule has 0 spiro atoms. The van der Waals surface area contributed by atoms with Crippen molar-refractivity contribution in [3.8, 4) is 0 Å². The van der Waals surface area contributed by atoms with Crippen LogP contribution in [0.2, 0.25) is 0 Å². The number of benzene rings is 1. The summed E-state index contributed by atoms with van der Waals surface area (Å²) in [7, 11) is -3.25. The van der Waals surface area contributed by atoms with Crippen LogP contribution in [0, 0.1) is 0 Å². The lowest BCUT2D eigenvalue weighted by molar-refractivity contribution is 0.0696. The highest BCUT2D eigenvalue weighted by molar-refractivity contribution is 7.89. The molecular weight excluding hydrogens is 290 g/mol. The molecule has 1 aromatic carbocycles. The molecule has 1 saturated heterocycles. The second-order valence-corrected chi connectivity index (χ2v) is 8.21. The average molecular weight is 311 g/mol. The summed E-state index contributed by atoms with van der Waals surface area (Å²) in [5.41, 5.74) is 1.15. The van der Waals surface area contributed by atoms with Gasteiger partial charge in [-0.05, 0) is 50.3 Å². The summed E-state index contributed by atoms with van der Waals surface area (Å²) < 4.78 is 26.1. The third kappa shape index (κ3) is 3.44. The molecule has 5 nitrogen and oxygen atoms in total. The first-order valence-corrected chi connectivity index (χ1v) is 8.65. The number of carbonyl (C=O) groups is 1. The number of carboxylic acid groups (broad SMARTS) is 1. The molecule has 6 heteroatoms. The van der Waals surface area contributed by atoms with E-state index in [1.54, 1.807) is 36.4 Å². The van der Waals surface area contributed by atoms with Gasteiger partial charge < -0.3 is 5.11 Å². The fourth-order valence-electron chi connectivity index (χ4n) is 2.67. The molecule has 1 aromatic rings. The van der Waals surface area contributed by atoms with Crippen molar-refractivity contribution in [1.82, 2.24) is 4.31 Å². The Kier molecular flexibility index (Phi) is 4.68. The van der Waals surface area contributed by atoms with E-state index in [-0.39, 0.29) is 11.5 Å². The molecule has 0 radical (unpaired) electrons. The van der Waals surface area contributed by atoms with Crippen LogP contribution in [0.1, 0.15) is 48.5 Å². The van der Waals surface area contributed by atoms with Gasteiger partial charge in [-0.2, -0.15) is 0 Å². The maximum atomic E-state index is 12.3. The van der Waals surface area contributed by atoms with Gasteiger partial charge in [0.05, 0.1) is 10.8 Å². The normalized spacial score (nSPS) is 20.6. The Bertz CT molecular complexity index is 624. The van der Waals surface area contributed by atoms with Gasteiger partial charge in [-0.3, -0.25) is 0 Å². The predicted octanol–water partition coefficient (Wildman–Crippen LogP) is 2.30. The van der Waals surface area contributed by atoms with Crippen LogP contribution < -0.4 is 0 Å². The highest BCUT2D eigenvalue weighted by atomic mass is 32.2. The first-order chi connectivity index (χ1) is 9.82. The molecule has 0 aromatic heterocycles. The summed E-state index contributed by atoms with van der Waals surface area (Å²) in [4.78, 5) is 11.0. The molecule has 0 saturated carbocycles. The monoisotopic (exact) mass is 311 g/mol. The first kappa shape index (κ1) is 16.0. The largest absolute Gasteiger partial charge is 0.478 e.